The number of halogens is 2. The number of amides is 1. The van der Waals surface area contributed by atoms with Crippen molar-refractivity contribution in [3.63, 3.8) is 0 Å². The second-order valence-electron chi connectivity index (χ2n) is 4.33. The Hall–Kier alpha value is -2.24. The minimum atomic E-state index is -0.339. The van der Waals surface area contributed by atoms with Crippen molar-refractivity contribution in [2.24, 2.45) is 0 Å². The first-order valence-corrected chi connectivity index (χ1v) is 6.73. The number of aromatic hydroxyl groups is 1. The Bertz CT molecular complexity index is 822. The first-order valence-electron chi connectivity index (χ1n) is 5.98. The van der Waals surface area contributed by atoms with E-state index in [0.717, 1.165) is 0 Å². The van der Waals surface area contributed by atoms with Crippen molar-refractivity contribution in [2.75, 3.05) is 5.32 Å². The lowest BCUT2D eigenvalue weighted by molar-refractivity contribution is 0.102. The second-order valence-corrected chi connectivity index (χ2v) is 5.15. The van der Waals surface area contributed by atoms with E-state index in [2.05, 4.69) is 10.4 Å². The molecule has 5 nitrogen and oxygen atoms in total. The number of nitrogens with one attached hydrogen (secondary N) is 1. The second kappa shape index (κ2) is 5.27. The Balaban J connectivity index is 1.93. The highest BCUT2D eigenvalue weighted by molar-refractivity contribution is 6.37. The van der Waals surface area contributed by atoms with Crippen molar-refractivity contribution in [2.45, 2.75) is 0 Å². The zero-order valence-electron chi connectivity index (χ0n) is 10.5. The van der Waals surface area contributed by atoms with Crippen LogP contribution in [0, 0.1) is 0 Å². The number of rotatable bonds is 2. The Labute approximate surface area is 129 Å². The molecule has 1 aromatic carbocycles. The molecule has 0 bridgehead atoms. The lowest BCUT2D eigenvalue weighted by Gasteiger charge is -2.07. The SMILES string of the molecule is O=C(Nc1cc(Cl)c(O)c(Cl)c1)c1cnn2ccccc12. The Morgan fingerprint density at radius 3 is 2.67 bits per heavy atom. The number of benzene rings is 1. The van der Waals surface area contributed by atoms with Crippen LogP contribution in [0.5, 0.6) is 5.75 Å². The first kappa shape index (κ1) is 13.7. The average molecular weight is 322 g/mol. The van der Waals surface area contributed by atoms with Gasteiger partial charge in [-0.15, -0.1) is 0 Å². The van der Waals surface area contributed by atoms with Gasteiger partial charge in [0.1, 0.15) is 0 Å². The van der Waals surface area contributed by atoms with Crippen LogP contribution in [-0.4, -0.2) is 20.6 Å². The van der Waals surface area contributed by atoms with Crippen LogP contribution in [-0.2, 0) is 0 Å². The number of carbonyl (C=O) groups excluding carboxylic acids is 1. The summed E-state index contributed by atoms with van der Waals surface area (Å²) in [6, 6.07) is 8.28. The van der Waals surface area contributed by atoms with Gasteiger partial charge in [0.25, 0.3) is 5.91 Å². The lowest BCUT2D eigenvalue weighted by Crippen LogP contribution is -2.11. The number of anilines is 1. The van der Waals surface area contributed by atoms with Gasteiger partial charge in [-0.25, -0.2) is 4.52 Å². The number of phenols is 1. The van der Waals surface area contributed by atoms with Crippen LogP contribution in [0.4, 0.5) is 5.69 Å². The van der Waals surface area contributed by atoms with Gasteiger partial charge in [-0.05, 0) is 24.3 Å². The first-order chi connectivity index (χ1) is 10.1. The van der Waals surface area contributed by atoms with Gasteiger partial charge in [0.15, 0.2) is 5.75 Å². The number of pyridine rings is 1. The highest BCUT2D eigenvalue weighted by Crippen LogP contribution is 2.34. The van der Waals surface area contributed by atoms with Crippen LogP contribution in [0.25, 0.3) is 5.52 Å². The van der Waals surface area contributed by atoms with Gasteiger partial charge in [0.05, 0.1) is 27.3 Å². The zero-order valence-corrected chi connectivity index (χ0v) is 12.1. The molecule has 2 N–H and O–H groups in total. The summed E-state index contributed by atoms with van der Waals surface area (Å²) < 4.78 is 1.60. The van der Waals surface area contributed by atoms with Gasteiger partial charge in [0.2, 0.25) is 0 Å². The fraction of sp³-hybridized carbons (Fsp3) is 0. The summed E-state index contributed by atoms with van der Waals surface area (Å²) >= 11 is 11.6. The van der Waals surface area contributed by atoms with Crippen LogP contribution in [0.1, 0.15) is 10.4 Å². The monoisotopic (exact) mass is 321 g/mol. The predicted molar refractivity (Wildman–Crippen MR) is 81.3 cm³/mol. The molecule has 2 heterocycles. The number of hydrogen-bond acceptors (Lipinski definition) is 3. The maximum absolute atomic E-state index is 12.3. The van der Waals surface area contributed by atoms with Crippen LogP contribution >= 0.6 is 23.2 Å². The van der Waals surface area contributed by atoms with Gasteiger partial charge in [-0.3, -0.25) is 4.79 Å². The lowest BCUT2D eigenvalue weighted by atomic mass is 10.2. The minimum Gasteiger partial charge on any atom is -0.505 e. The van der Waals surface area contributed by atoms with E-state index in [4.69, 9.17) is 23.2 Å². The molecule has 106 valence electrons. The van der Waals surface area contributed by atoms with Gasteiger partial charge < -0.3 is 10.4 Å². The minimum absolute atomic E-state index is 0.0673. The number of aromatic nitrogens is 2. The molecule has 0 radical (unpaired) electrons. The zero-order chi connectivity index (χ0) is 15.0. The number of hydrogen-bond donors (Lipinski definition) is 2. The molecule has 21 heavy (non-hydrogen) atoms. The summed E-state index contributed by atoms with van der Waals surface area (Å²) in [6.07, 6.45) is 3.23. The van der Waals surface area contributed by atoms with Crippen LogP contribution in [0.3, 0.4) is 0 Å². The summed E-state index contributed by atoms with van der Waals surface area (Å²) in [7, 11) is 0. The van der Waals surface area contributed by atoms with E-state index in [1.54, 1.807) is 16.8 Å². The van der Waals surface area contributed by atoms with Gasteiger partial charge >= 0.3 is 0 Å². The molecule has 0 saturated carbocycles. The molecule has 0 saturated heterocycles. The fourth-order valence-electron chi connectivity index (χ4n) is 1.95. The third-order valence-electron chi connectivity index (χ3n) is 2.95. The van der Waals surface area contributed by atoms with Crippen LogP contribution in [0.15, 0.2) is 42.7 Å². The van der Waals surface area contributed by atoms with E-state index >= 15 is 0 Å². The summed E-state index contributed by atoms with van der Waals surface area (Å²) in [5.74, 6) is -0.554. The van der Waals surface area contributed by atoms with E-state index in [9.17, 15) is 9.90 Å². The molecular formula is C14H9Cl2N3O2. The van der Waals surface area contributed by atoms with Crippen molar-refractivity contribution in [1.82, 2.24) is 9.61 Å². The van der Waals surface area contributed by atoms with Crippen molar-refractivity contribution in [3.05, 3.63) is 58.3 Å². The number of phenolic OH excluding ortho intramolecular Hbond substituents is 1. The molecule has 0 aliphatic carbocycles. The molecule has 0 aliphatic rings. The number of fused-ring (bicyclic) bond motifs is 1. The number of nitrogens with zero attached hydrogens (tertiary/aromatic N) is 2. The Morgan fingerprint density at radius 1 is 1.24 bits per heavy atom. The molecule has 7 heteroatoms. The van der Waals surface area contributed by atoms with Crippen molar-refractivity contribution >= 4 is 40.3 Å². The standard InChI is InChI=1S/C14H9Cl2N3O2/c15-10-5-8(6-11(16)13(10)20)18-14(21)9-7-17-19-4-2-1-3-12(9)19/h1-7,20H,(H,18,21). The molecule has 0 aliphatic heterocycles. The third-order valence-corrected chi connectivity index (χ3v) is 3.52. The summed E-state index contributed by atoms with van der Waals surface area (Å²) in [5, 5.41) is 16.4. The summed E-state index contributed by atoms with van der Waals surface area (Å²) in [5.41, 5.74) is 1.50. The van der Waals surface area contributed by atoms with Crippen molar-refractivity contribution in [1.29, 1.82) is 0 Å². The molecule has 1 amide bonds. The van der Waals surface area contributed by atoms with Crippen molar-refractivity contribution < 1.29 is 9.90 Å². The summed E-state index contributed by atoms with van der Waals surface area (Å²) in [4.78, 5) is 12.3. The molecule has 0 spiro atoms. The normalized spacial score (nSPS) is 10.8. The highest BCUT2D eigenvalue weighted by Gasteiger charge is 2.14. The third kappa shape index (κ3) is 2.53. The van der Waals surface area contributed by atoms with E-state index in [1.165, 1.54) is 18.3 Å². The molecule has 0 atom stereocenters. The van der Waals surface area contributed by atoms with Crippen LogP contribution in [0.2, 0.25) is 10.0 Å². The predicted octanol–water partition coefficient (Wildman–Crippen LogP) is 3.60. The maximum Gasteiger partial charge on any atom is 0.259 e. The smallest absolute Gasteiger partial charge is 0.259 e. The largest absolute Gasteiger partial charge is 0.505 e. The molecule has 2 aromatic heterocycles. The van der Waals surface area contributed by atoms with Crippen molar-refractivity contribution in [3.8, 4) is 5.75 Å². The summed E-state index contributed by atoms with van der Waals surface area (Å²) in [6.45, 7) is 0. The number of carbonyl (C=O) groups is 1. The van der Waals surface area contributed by atoms with Crippen LogP contribution < -0.4 is 5.32 Å². The highest BCUT2D eigenvalue weighted by atomic mass is 35.5. The Kier molecular flexibility index (Phi) is 3.45. The molecule has 0 fully saturated rings. The molecule has 0 unspecified atom stereocenters. The molecular weight excluding hydrogens is 313 g/mol. The fourth-order valence-corrected chi connectivity index (χ4v) is 2.43. The average Bonchev–Trinajstić information content (AvgIpc) is 2.88. The van der Waals surface area contributed by atoms with E-state index in [1.807, 2.05) is 12.1 Å². The van der Waals surface area contributed by atoms with Gasteiger partial charge in [0, 0.05) is 11.9 Å². The Morgan fingerprint density at radius 2 is 1.95 bits per heavy atom. The van der Waals surface area contributed by atoms with Gasteiger partial charge in [-0.1, -0.05) is 29.3 Å². The molecule has 3 aromatic rings. The van der Waals surface area contributed by atoms with E-state index < -0.39 is 0 Å². The van der Waals surface area contributed by atoms with E-state index in [0.29, 0.717) is 16.8 Å². The quantitative estimate of drug-likeness (QED) is 0.709. The topological polar surface area (TPSA) is 66.6 Å². The maximum atomic E-state index is 12.3. The van der Waals surface area contributed by atoms with Gasteiger partial charge in [-0.2, -0.15) is 5.10 Å². The molecule has 3 rings (SSSR count). The van der Waals surface area contributed by atoms with E-state index in [-0.39, 0.29) is 21.7 Å².